The van der Waals surface area contributed by atoms with Crippen molar-refractivity contribution in [2.45, 2.75) is 51.5 Å². The lowest BCUT2D eigenvalue weighted by atomic mass is 9.81. The Morgan fingerprint density at radius 2 is 1.94 bits per heavy atom. The molecule has 4 aromatic rings. The molecule has 0 spiro atoms. The van der Waals surface area contributed by atoms with E-state index in [0.29, 0.717) is 29.7 Å². The van der Waals surface area contributed by atoms with Crippen molar-refractivity contribution in [3.8, 4) is 11.3 Å². The van der Waals surface area contributed by atoms with Crippen molar-refractivity contribution in [2.75, 3.05) is 7.11 Å². The zero-order chi connectivity index (χ0) is 23.2. The fraction of sp³-hybridized carbons (Fsp3) is 0.321. The zero-order valence-electron chi connectivity index (χ0n) is 19.5. The standard InChI is InChI=1S/C28H27N3O3/c1-17-29-27(34-30-17)21-14-19-10-6-7-11-22(19)26-25(18-8-4-3-5-9-18)23-13-12-20(28(32)33-2)15-24(23)31(26)16-21/h6-7,10-15,18H,3-5,8-9,16H2,1-2H3. The Balaban J connectivity index is 1.66. The van der Waals surface area contributed by atoms with E-state index in [1.165, 1.54) is 61.4 Å². The van der Waals surface area contributed by atoms with Crippen molar-refractivity contribution in [1.29, 1.82) is 0 Å². The van der Waals surface area contributed by atoms with Crippen molar-refractivity contribution in [1.82, 2.24) is 14.7 Å². The lowest BCUT2D eigenvalue weighted by Crippen LogP contribution is -2.07. The van der Waals surface area contributed by atoms with Crippen LogP contribution in [0, 0.1) is 6.92 Å². The van der Waals surface area contributed by atoms with Gasteiger partial charge in [-0.3, -0.25) is 0 Å². The third-order valence-electron chi connectivity index (χ3n) is 7.21. The molecule has 0 N–H and O–H groups in total. The van der Waals surface area contributed by atoms with Crippen LogP contribution in [0.25, 0.3) is 33.8 Å². The second-order valence-corrected chi connectivity index (χ2v) is 9.31. The molecule has 1 saturated carbocycles. The highest BCUT2D eigenvalue weighted by Crippen LogP contribution is 2.47. The Bertz CT molecular complexity index is 1440. The fourth-order valence-electron chi connectivity index (χ4n) is 5.68. The van der Waals surface area contributed by atoms with Crippen LogP contribution in [0.1, 0.15) is 71.2 Å². The summed E-state index contributed by atoms with van der Waals surface area (Å²) in [4.78, 5) is 16.9. The first kappa shape index (κ1) is 20.9. The molecule has 0 bridgehead atoms. The van der Waals surface area contributed by atoms with Crippen LogP contribution < -0.4 is 0 Å². The van der Waals surface area contributed by atoms with Crippen LogP contribution >= 0.6 is 0 Å². The number of aromatic nitrogens is 3. The van der Waals surface area contributed by atoms with Crippen LogP contribution in [0.4, 0.5) is 0 Å². The van der Waals surface area contributed by atoms with Crippen LogP contribution in [0.5, 0.6) is 0 Å². The molecule has 0 saturated heterocycles. The van der Waals surface area contributed by atoms with E-state index >= 15 is 0 Å². The number of benzene rings is 2. The summed E-state index contributed by atoms with van der Waals surface area (Å²) in [5.74, 6) is 1.32. The molecule has 1 aliphatic heterocycles. The van der Waals surface area contributed by atoms with Gasteiger partial charge in [-0.15, -0.1) is 0 Å². The summed E-state index contributed by atoms with van der Waals surface area (Å²) in [6, 6.07) is 14.5. The Hall–Kier alpha value is -3.67. The molecule has 6 nitrogen and oxygen atoms in total. The van der Waals surface area contributed by atoms with Gasteiger partial charge in [-0.25, -0.2) is 4.79 Å². The molecule has 0 radical (unpaired) electrons. The van der Waals surface area contributed by atoms with Gasteiger partial charge in [0.05, 0.1) is 24.9 Å². The molecule has 34 heavy (non-hydrogen) atoms. The van der Waals surface area contributed by atoms with E-state index in [1.54, 1.807) is 0 Å². The molecule has 0 atom stereocenters. The van der Waals surface area contributed by atoms with E-state index in [1.807, 2.05) is 19.1 Å². The van der Waals surface area contributed by atoms with Crippen molar-refractivity contribution >= 4 is 28.5 Å². The highest BCUT2D eigenvalue weighted by molar-refractivity contribution is 6.01. The van der Waals surface area contributed by atoms with E-state index in [9.17, 15) is 4.79 Å². The van der Waals surface area contributed by atoms with E-state index in [0.717, 1.165) is 16.7 Å². The van der Waals surface area contributed by atoms with E-state index in [4.69, 9.17) is 9.26 Å². The maximum atomic E-state index is 12.4. The topological polar surface area (TPSA) is 70.2 Å². The SMILES string of the molecule is COC(=O)c1ccc2c(C3CCCCC3)c3n(c2c1)CC(c1nc(C)no1)=Cc1ccccc1-3. The monoisotopic (exact) mass is 453 g/mol. The van der Waals surface area contributed by atoms with Gasteiger partial charge in [-0.1, -0.05) is 54.8 Å². The van der Waals surface area contributed by atoms with Crippen LogP contribution in [0.2, 0.25) is 0 Å². The number of allylic oxidation sites excluding steroid dienone is 1. The maximum absolute atomic E-state index is 12.4. The molecule has 2 aromatic heterocycles. The first-order valence-corrected chi connectivity index (χ1v) is 12.0. The minimum atomic E-state index is -0.325. The molecule has 0 amide bonds. The highest BCUT2D eigenvalue weighted by Gasteiger charge is 2.30. The van der Waals surface area contributed by atoms with E-state index < -0.39 is 0 Å². The predicted molar refractivity (Wildman–Crippen MR) is 131 cm³/mol. The number of ether oxygens (including phenoxy) is 1. The average molecular weight is 454 g/mol. The van der Waals surface area contributed by atoms with Crippen molar-refractivity contribution in [3.63, 3.8) is 0 Å². The van der Waals surface area contributed by atoms with Gasteiger partial charge in [0.15, 0.2) is 5.82 Å². The van der Waals surface area contributed by atoms with E-state index in [2.05, 4.69) is 51.1 Å². The van der Waals surface area contributed by atoms with Crippen LogP contribution in [0.3, 0.4) is 0 Å². The van der Waals surface area contributed by atoms with Gasteiger partial charge in [0.2, 0.25) is 0 Å². The third-order valence-corrected chi connectivity index (χ3v) is 7.21. The Labute approximate surface area is 198 Å². The summed E-state index contributed by atoms with van der Waals surface area (Å²) in [5, 5.41) is 5.24. The van der Waals surface area contributed by atoms with Gasteiger partial charge in [0, 0.05) is 22.0 Å². The number of rotatable bonds is 3. The molecule has 3 heterocycles. The van der Waals surface area contributed by atoms with Crippen molar-refractivity contribution in [3.05, 3.63) is 70.9 Å². The average Bonchev–Trinajstić information content (AvgIpc) is 3.39. The Morgan fingerprint density at radius 1 is 1.12 bits per heavy atom. The third kappa shape index (κ3) is 3.36. The Morgan fingerprint density at radius 3 is 2.71 bits per heavy atom. The number of esters is 1. The van der Waals surface area contributed by atoms with Gasteiger partial charge in [0.25, 0.3) is 5.89 Å². The number of fused-ring (bicyclic) bond motifs is 5. The van der Waals surface area contributed by atoms with Gasteiger partial charge >= 0.3 is 5.97 Å². The first-order chi connectivity index (χ1) is 16.6. The molecular formula is C28H27N3O3. The molecular weight excluding hydrogens is 426 g/mol. The molecule has 172 valence electrons. The number of methoxy groups -OCH3 is 1. The lowest BCUT2D eigenvalue weighted by Gasteiger charge is -2.24. The summed E-state index contributed by atoms with van der Waals surface area (Å²) < 4.78 is 13.0. The number of hydrogen-bond donors (Lipinski definition) is 0. The summed E-state index contributed by atoms with van der Waals surface area (Å²) in [7, 11) is 1.42. The number of carbonyl (C=O) groups excluding carboxylic acids is 1. The highest BCUT2D eigenvalue weighted by atomic mass is 16.5. The van der Waals surface area contributed by atoms with Crippen molar-refractivity contribution < 1.29 is 14.1 Å². The summed E-state index contributed by atoms with van der Waals surface area (Å²) in [6.07, 6.45) is 8.35. The van der Waals surface area contributed by atoms with Crippen LogP contribution in [-0.4, -0.2) is 27.8 Å². The maximum Gasteiger partial charge on any atom is 0.337 e. The number of hydrogen-bond acceptors (Lipinski definition) is 5. The Kier molecular flexibility index (Phi) is 5.09. The normalized spacial score (nSPS) is 16.0. The second kappa shape index (κ2) is 8.28. The summed E-state index contributed by atoms with van der Waals surface area (Å²) >= 11 is 0. The van der Waals surface area contributed by atoms with Gasteiger partial charge in [0.1, 0.15) is 0 Å². The number of aryl methyl sites for hydroxylation is 1. The molecule has 6 heteroatoms. The minimum Gasteiger partial charge on any atom is -0.465 e. The molecule has 1 fully saturated rings. The quantitative estimate of drug-likeness (QED) is 0.336. The van der Waals surface area contributed by atoms with Crippen LogP contribution in [-0.2, 0) is 11.3 Å². The zero-order valence-corrected chi connectivity index (χ0v) is 19.5. The molecule has 1 aliphatic carbocycles. The molecule has 2 aliphatic rings. The molecule has 0 unspecified atom stereocenters. The summed E-state index contributed by atoms with van der Waals surface area (Å²) in [6.45, 7) is 2.41. The lowest BCUT2D eigenvalue weighted by molar-refractivity contribution is 0.0601. The van der Waals surface area contributed by atoms with Gasteiger partial charge in [-0.2, -0.15) is 4.98 Å². The largest absolute Gasteiger partial charge is 0.465 e. The first-order valence-electron chi connectivity index (χ1n) is 12.0. The fourth-order valence-corrected chi connectivity index (χ4v) is 5.68. The van der Waals surface area contributed by atoms with E-state index in [-0.39, 0.29) is 5.97 Å². The minimum absolute atomic E-state index is 0.325. The van der Waals surface area contributed by atoms with Crippen molar-refractivity contribution in [2.24, 2.45) is 0 Å². The smallest absolute Gasteiger partial charge is 0.337 e. The summed E-state index contributed by atoms with van der Waals surface area (Å²) in [5.41, 5.74) is 7.53. The van der Waals surface area contributed by atoms with Gasteiger partial charge in [-0.05, 0) is 55.0 Å². The predicted octanol–water partition coefficient (Wildman–Crippen LogP) is 6.39. The number of carbonyl (C=O) groups is 1. The van der Waals surface area contributed by atoms with Gasteiger partial charge < -0.3 is 13.8 Å². The molecule has 6 rings (SSSR count). The van der Waals surface area contributed by atoms with Crippen LogP contribution in [0.15, 0.2) is 47.0 Å². The molecule has 2 aromatic carbocycles. The second-order valence-electron chi connectivity index (χ2n) is 9.31. The number of nitrogens with zero attached hydrogens (tertiary/aromatic N) is 3.